The summed E-state index contributed by atoms with van der Waals surface area (Å²) in [5.41, 5.74) is 2.23. The molecular formula is C11H12N2O3S2. The van der Waals surface area contributed by atoms with Gasteiger partial charge in [0.15, 0.2) is 0 Å². The molecule has 0 aliphatic carbocycles. The van der Waals surface area contributed by atoms with Crippen LogP contribution in [0.25, 0.3) is 10.2 Å². The molecule has 0 bridgehead atoms. The average molecular weight is 284 g/mol. The van der Waals surface area contributed by atoms with Crippen molar-refractivity contribution < 1.29 is 13.2 Å². The first-order valence-electron chi connectivity index (χ1n) is 5.60. The summed E-state index contributed by atoms with van der Waals surface area (Å²) in [5, 5.41) is 0. The minimum absolute atomic E-state index is 0.295. The topological polar surface area (TPSA) is 59.5 Å². The van der Waals surface area contributed by atoms with Crippen molar-refractivity contribution in [3.8, 4) is 0 Å². The lowest BCUT2D eigenvalue weighted by Gasteiger charge is -2.26. The Morgan fingerprint density at radius 3 is 2.83 bits per heavy atom. The van der Waals surface area contributed by atoms with Crippen LogP contribution in [0.4, 0.5) is 0 Å². The van der Waals surface area contributed by atoms with Gasteiger partial charge >= 0.3 is 0 Å². The van der Waals surface area contributed by atoms with Crippen molar-refractivity contribution >= 4 is 31.6 Å². The second-order valence-electron chi connectivity index (χ2n) is 3.97. The molecule has 1 aromatic carbocycles. The Morgan fingerprint density at radius 2 is 2.06 bits per heavy atom. The first kappa shape index (κ1) is 12.0. The van der Waals surface area contributed by atoms with Gasteiger partial charge in [-0.15, -0.1) is 11.3 Å². The third-order valence-electron chi connectivity index (χ3n) is 2.91. The predicted octanol–water partition coefficient (Wildman–Crippen LogP) is 1.32. The van der Waals surface area contributed by atoms with Crippen LogP contribution >= 0.6 is 11.3 Å². The van der Waals surface area contributed by atoms with Crippen molar-refractivity contribution in [2.45, 2.75) is 4.90 Å². The molecule has 3 rings (SSSR count). The van der Waals surface area contributed by atoms with Crippen molar-refractivity contribution in [3.63, 3.8) is 0 Å². The molecule has 0 radical (unpaired) electrons. The zero-order valence-corrected chi connectivity index (χ0v) is 11.2. The van der Waals surface area contributed by atoms with Gasteiger partial charge in [-0.05, 0) is 12.1 Å². The van der Waals surface area contributed by atoms with Gasteiger partial charge in [0.05, 0.1) is 23.4 Å². The van der Waals surface area contributed by atoms with Crippen LogP contribution < -0.4 is 0 Å². The Hall–Kier alpha value is -1.02. The molecule has 0 atom stereocenters. The van der Waals surface area contributed by atoms with Crippen LogP contribution in [0.3, 0.4) is 0 Å². The molecule has 1 aliphatic rings. The molecule has 96 valence electrons. The molecule has 5 nitrogen and oxygen atoms in total. The highest BCUT2D eigenvalue weighted by molar-refractivity contribution is 7.89. The number of aromatic nitrogens is 1. The number of para-hydroxylation sites is 1. The van der Waals surface area contributed by atoms with Crippen LogP contribution in [0.2, 0.25) is 0 Å². The van der Waals surface area contributed by atoms with E-state index in [2.05, 4.69) is 4.98 Å². The molecular weight excluding hydrogens is 272 g/mol. The summed E-state index contributed by atoms with van der Waals surface area (Å²) in [6.07, 6.45) is 0. The summed E-state index contributed by atoms with van der Waals surface area (Å²) in [5.74, 6) is 0. The highest BCUT2D eigenvalue weighted by atomic mass is 32.2. The second-order valence-corrected chi connectivity index (χ2v) is 6.76. The molecule has 0 spiro atoms. The maximum absolute atomic E-state index is 12.5. The fourth-order valence-electron chi connectivity index (χ4n) is 1.99. The average Bonchev–Trinajstić information content (AvgIpc) is 2.87. The van der Waals surface area contributed by atoms with E-state index in [1.165, 1.54) is 15.6 Å². The van der Waals surface area contributed by atoms with Crippen molar-refractivity contribution in [1.82, 2.24) is 9.29 Å². The smallest absolute Gasteiger partial charge is 0.245 e. The molecule has 1 aliphatic heterocycles. The number of ether oxygens (including phenoxy) is 1. The van der Waals surface area contributed by atoms with Crippen LogP contribution in [0.1, 0.15) is 0 Å². The van der Waals surface area contributed by atoms with E-state index in [-0.39, 0.29) is 0 Å². The van der Waals surface area contributed by atoms with Crippen LogP contribution in [-0.2, 0) is 14.8 Å². The van der Waals surface area contributed by atoms with E-state index in [1.54, 1.807) is 17.6 Å². The van der Waals surface area contributed by atoms with Crippen molar-refractivity contribution in [2.75, 3.05) is 26.3 Å². The van der Waals surface area contributed by atoms with Crippen LogP contribution in [-0.4, -0.2) is 44.0 Å². The standard InChI is InChI=1S/C11H12N2O3S2/c14-18(15,13-4-6-16-7-5-13)10-3-1-2-9-11(10)12-8-17-9/h1-3,8H,4-7H2. The minimum atomic E-state index is -3.46. The molecule has 0 unspecified atom stereocenters. The van der Waals surface area contributed by atoms with Gasteiger partial charge in [0.25, 0.3) is 0 Å². The number of fused-ring (bicyclic) bond motifs is 1. The van der Waals surface area contributed by atoms with E-state index in [0.29, 0.717) is 36.7 Å². The number of morpholine rings is 1. The Kier molecular flexibility index (Phi) is 3.06. The molecule has 18 heavy (non-hydrogen) atoms. The molecule has 7 heteroatoms. The molecule has 2 heterocycles. The maximum atomic E-state index is 12.5. The van der Waals surface area contributed by atoms with E-state index in [1.807, 2.05) is 6.07 Å². The Morgan fingerprint density at radius 1 is 1.28 bits per heavy atom. The molecule has 0 saturated carbocycles. The summed E-state index contributed by atoms with van der Waals surface area (Å²) in [6, 6.07) is 5.26. The Balaban J connectivity index is 2.10. The number of benzene rings is 1. The fourth-order valence-corrected chi connectivity index (χ4v) is 4.33. The third kappa shape index (κ3) is 1.93. The van der Waals surface area contributed by atoms with Crippen molar-refractivity contribution in [2.24, 2.45) is 0 Å². The number of rotatable bonds is 2. The zero-order chi connectivity index (χ0) is 12.6. The van der Waals surface area contributed by atoms with Crippen molar-refractivity contribution in [1.29, 1.82) is 0 Å². The normalized spacial score (nSPS) is 18.2. The van der Waals surface area contributed by atoms with Gasteiger partial charge in [-0.1, -0.05) is 6.07 Å². The predicted molar refractivity (Wildman–Crippen MR) is 69.2 cm³/mol. The van der Waals surface area contributed by atoms with Crippen LogP contribution in [0.5, 0.6) is 0 Å². The highest BCUT2D eigenvalue weighted by Gasteiger charge is 2.28. The minimum Gasteiger partial charge on any atom is -0.379 e. The Labute approximate surface area is 109 Å². The lowest BCUT2D eigenvalue weighted by atomic mass is 10.3. The number of hydrogen-bond acceptors (Lipinski definition) is 5. The summed E-state index contributed by atoms with van der Waals surface area (Å²) in [7, 11) is -3.46. The van der Waals surface area contributed by atoms with Crippen LogP contribution in [0.15, 0.2) is 28.6 Å². The van der Waals surface area contributed by atoms with Crippen LogP contribution in [0, 0.1) is 0 Å². The van der Waals surface area contributed by atoms with Gasteiger partial charge in [0, 0.05) is 13.1 Å². The van der Waals surface area contributed by atoms with E-state index in [4.69, 9.17) is 4.74 Å². The third-order valence-corrected chi connectivity index (χ3v) is 5.64. The quantitative estimate of drug-likeness (QED) is 0.834. The zero-order valence-electron chi connectivity index (χ0n) is 9.57. The number of hydrogen-bond donors (Lipinski definition) is 0. The maximum Gasteiger partial charge on any atom is 0.245 e. The lowest BCUT2D eigenvalue weighted by molar-refractivity contribution is 0.0730. The molecule has 2 aromatic rings. The van der Waals surface area contributed by atoms with E-state index in [9.17, 15) is 8.42 Å². The highest BCUT2D eigenvalue weighted by Crippen LogP contribution is 2.27. The van der Waals surface area contributed by atoms with Gasteiger partial charge in [-0.25, -0.2) is 13.4 Å². The first-order valence-corrected chi connectivity index (χ1v) is 7.92. The second kappa shape index (κ2) is 4.58. The molecule has 1 saturated heterocycles. The SMILES string of the molecule is O=S(=O)(c1cccc2scnc12)N1CCOCC1. The molecule has 0 N–H and O–H groups in total. The molecule has 0 amide bonds. The summed E-state index contributed by atoms with van der Waals surface area (Å²) < 4.78 is 32.6. The number of thiazole rings is 1. The van der Waals surface area contributed by atoms with Gasteiger partial charge < -0.3 is 4.74 Å². The van der Waals surface area contributed by atoms with E-state index in [0.717, 1.165) is 4.70 Å². The first-order chi connectivity index (χ1) is 8.69. The fraction of sp³-hybridized carbons (Fsp3) is 0.364. The summed E-state index contributed by atoms with van der Waals surface area (Å²) in [4.78, 5) is 4.46. The monoisotopic (exact) mass is 284 g/mol. The van der Waals surface area contributed by atoms with E-state index >= 15 is 0 Å². The molecule has 1 fully saturated rings. The lowest BCUT2D eigenvalue weighted by Crippen LogP contribution is -2.40. The van der Waals surface area contributed by atoms with Gasteiger partial charge in [-0.3, -0.25) is 0 Å². The van der Waals surface area contributed by atoms with Crippen molar-refractivity contribution in [3.05, 3.63) is 23.7 Å². The van der Waals surface area contributed by atoms with Gasteiger partial charge in [0.2, 0.25) is 10.0 Å². The number of nitrogens with zero attached hydrogens (tertiary/aromatic N) is 2. The summed E-state index contributed by atoms with van der Waals surface area (Å²) >= 11 is 1.45. The Bertz CT molecular complexity index is 660. The van der Waals surface area contributed by atoms with Gasteiger partial charge in [-0.2, -0.15) is 4.31 Å². The molecule has 1 aromatic heterocycles. The van der Waals surface area contributed by atoms with Gasteiger partial charge in [0.1, 0.15) is 10.4 Å². The van der Waals surface area contributed by atoms with E-state index < -0.39 is 10.0 Å². The largest absolute Gasteiger partial charge is 0.379 e. The summed E-state index contributed by atoms with van der Waals surface area (Å²) in [6.45, 7) is 1.71. The number of sulfonamides is 1.